The molecule has 0 atom stereocenters. The fraction of sp³-hybridized carbons (Fsp3) is 0.550. The molecule has 2 aliphatic rings. The minimum absolute atomic E-state index is 0. The van der Waals surface area contributed by atoms with Gasteiger partial charge >= 0.3 is 0 Å². The molecule has 0 spiro atoms. The van der Waals surface area contributed by atoms with E-state index in [1.807, 2.05) is 24.3 Å². The summed E-state index contributed by atoms with van der Waals surface area (Å²) in [5.74, 6) is 1.49. The summed E-state index contributed by atoms with van der Waals surface area (Å²) in [6.45, 7) is 0.552. The average Bonchev–Trinajstić information content (AvgIpc) is 3.41. The summed E-state index contributed by atoms with van der Waals surface area (Å²) in [5.41, 5.74) is 7.88. The van der Waals surface area contributed by atoms with E-state index >= 15 is 0 Å². The lowest BCUT2D eigenvalue weighted by Gasteiger charge is -2.17. The molecule has 2 fully saturated rings. The zero-order valence-corrected chi connectivity index (χ0v) is 16.3. The summed E-state index contributed by atoms with van der Waals surface area (Å²) < 4.78 is 5.42. The molecule has 4 rings (SSSR count). The number of hydrogen-bond acceptors (Lipinski definition) is 5. The van der Waals surface area contributed by atoms with Crippen LogP contribution >= 0.6 is 12.4 Å². The van der Waals surface area contributed by atoms with Crippen molar-refractivity contribution in [2.75, 3.05) is 0 Å². The Morgan fingerprint density at radius 2 is 1.81 bits per heavy atom. The first kappa shape index (κ1) is 19.8. The number of aromatic nitrogens is 2. The molecule has 0 bridgehead atoms. The highest BCUT2D eigenvalue weighted by atomic mass is 35.5. The van der Waals surface area contributed by atoms with Crippen molar-refractivity contribution in [1.29, 1.82) is 0 Å². The second-order valence-corrected chi connectivity index (χ2v) is 7.68. The Kier molecular flexibility index (Phi) is 6.17. The van der Waals surface area contributed by atoms with Gasteiger partial charge in [-0.15, -0.1) is 12.4 Å². The van der Waals surface area contributed by atoms with Crippen LogP contribution in [0.2, 0.25) is 0 Å². The van der Waals surface area contributed by atoms with Crippen molar-refractivity contribution in [3.05, 3.63) is 35.7 Å². The second-order valence-electron chi connectivity index (χ2n) is 7.68. The Morgan fingerprint density at radius 3 is 2.48 bits per heavy atom. The molecule has 3 N–H and O–H groups in total. The van der Waals surface area contributed by atoms with E-state index in [1.165, 1.54) is 12.8 Å². The molecule has 2 aromatic rings. The topological polar surface area (TPSA) is 94.0 Å². The van der Waals surface area contributed by atoms with E-state index in [2.05, 4.69) is 15.5 Å². The van der Waals surface area contributed by atoms with Gasteiger partial charge in [-0.1, -0.05) is 43.0 Å². The predicted octanol–water partition coefficient (Wildman–Crippen LogP) is 3.69. The monoisotopic (exact) mass is 390 g/mol. The minimum atomic E-state index is -0.438. The Labute approximate surface area is 165 Å². The van der Waals surface area contributed by atoms with E-state index in [0.717, 1.165) is 49.7 Å². The molecule has 27 heavy (non-hydrogen) atoms. The molecule has 1 heterocycles. The molecule has 0 saturated heterocycles. The molecule has 146 valence electrons. The third-order valence-corrected chi connectivity index (χ3v) is 5.76. The van der Waals surface area contributed by atoms with Crippen molar-refractivity contribution in [1.82, 2.24) is 15.5 Å². The van der Waals surface area contributed by atoms with Crippen LogP contribution in [-0.2, 0) is 16.9 Å². The SMILES string of the molecule is Cl.NC1(c2noc(-c3ccc(CNC(=O)C4CCCC4)cc3)n2)CCCC1. The quantitative estimate of drug-likeness (QED) is 0.811. The molecule has 7 heteroatoms. The number of amides is 1. The number of halogens is 1. The Bertz CT molecular complexity index is 763. The normalized spacial score (nSPS) is 19.0. The van der Waals surface area contributed by atoms with Gasteiger partial charge in [0.15, 0.2) is 5.82 Å². The standard InChI is InChI=1S/C20H26N4O2.ClH/c21-20(11-3-4-12-20)19-23-18(26-24-19)16-9-7-14(8-10-16)13-22-17(25)15-5-1-2-6-15;/h7-10,15H,1-6,11-13,21H2,(H,22,25);1H. The molecule has 1 aromatic carbocycles. The van der Waals surface area contributed by atoms with Crippen LogP contribution in [0.25, 0.3) is 11.5 Å². The smallest absolute Gasteiger partial charge is 0.257 e. The summed E-state index contributed by atoms with van der Waals surface area (Å²) in [5, 5.41) is 7.14. The van der Waals surface area contributed by atoms with E-state index in [1.54, 1.807) is 0 Å². The van der Waals surface area contributed by atoms with Gasteiger partial charge in [0.2, 0.25) is 5.91 Å². The highest BCUT2D eigenvalue weighted by Crippen LogP contribution is 2.35. The van der Waals surface area contributed by atoms with Gasteiger partial charge in [-0.05, 0) is 43.4 Å². The van der Waals surface area contributed by atoms with Gasteiger partial charge in [-0.2, -0.15) is 4.98 Å². The number of nitrogens with two attached hydrogens (primary N) is 1. The molecule has 0 radical (unpaired) electrons. The number of rotatable bonds is 5. The highest BCUT2D eigenvalue weighted by Gasteiger charge is 2.36. The maximum atomic E-state index is 12.1. The van der Waals surface area contributed by atoms with Crippen LogP contribution in [-0.4, -0.2) is 16.0 Å². The van der Waals surface area contributed by atoms with Crippen molar-refractivity contribution < 1.29 is 9.32 Å². The van der Waals surface area contributed by atoms with Crippen LogP contribution in [0.1, 0.15) is 62.8 Å². The van der Waals surface area contributed by atoms with Gasteiger partial charge in [0.25, 0.3) is 5.89 Å². The third-order valence-electron chi connectivity index (χ3n) is 5.76. The van der Waals surface area contributed by atoms with Crippen LogP contribution in [0.4, 0.5) is 0 Å². The zero-order valence-electron chi connectivity index (χ0n) is 15.4. The summed E-state index contributed by atoms with van der Waals surface area (Å²) in [4.78, 5) is 16.6. The summed E-state index contributed by atoms with van der Waals surface area (Å²) in [6.07, 6.45) is 8.42. The molecule has 0 unspecified atom stereocenters. The number of benzene rings is 1. The van der Waals surface area contributed by atoms with E-state index < -0.39 is 5.54 Å². The van der Waals surface area contributed by atoms with E-state index in [0.29, 0.717) is 18.3 Å². The second kappa shape index (κ2) is 8.40. The molecule has 0 aliphatic heterocycles. The Hall–Kier alpha value is -1.92. The highest BCUT2D eigenvalue weighted by molar-refractivity contribution is 5.85. The van der Waals surface area contributed by atoms with Crippen LogP contribution in [0, 0.1) is 5.92 Å². The Balaban J connectivity index is 0.00000210. The first-order chi connectivity index (χ1) is 12.6. The number of nitrogens with zero attached hydrogens (tertiary/aromatic N) is 2. The number of nitrogens with one attached hydrogen (secondary N) is 1. The molecular formula is C20H27ClN4O2. The van der Waals surface area contributed by atoms with Crippen LogP contribution < -0.4 is 11.1 Å². The largest absolute Gasteiger partial charge is 0.352 e. The molecule has 1 aromatic heterocycles. The zero-order chi connectivity index (χ0) is 18.0. The number of carbonyl (C=O) groups excluding carboxylic acids is 1. The molecule has 2 saturated carbocycles. The van der Waals surface area contributed by atoms with Gasteiger partial charge in [0, 0.05) is 18.0 Å². The lowest BCUT2D eigenvalue weighted by atomic mass is 9.98. The predicted molar refractivity (Wildman–Crippen MR) is 105 cm³/mol. The summed E-state index contributed by atoms with van der Waals surface area (Å²) in [7, 11) is 0. The van der Waals surface area contributed by atoms with Crippen molar-refractivity contribution in [2.45, 2.75) is 63.5 Å². The molecular weight excluding hydrogens is 364 g/mol. The molecule has 1 amide bonds. The fourth-order valence-corrected chi connectivity index (χ4v) is 4.06. The van der Waals surface area contributed by atoms with Crippen LogP contribution in [0.5, 0.6) is 0 Å². The minimum Gasteiger partial charge on any atom is -0.352 e. The van der Waals surface area contributed by atoms with Gasteiger partial charge < -0.3 is 15.6 Å². The third kappa shape index (κ3) is 4.33. The fourth-order valence-electron chi connectivity index (χ4n) is 4.06. The van der Waals surface area contributed by atoms with Crippen molar-refractivity contribution in [3.8, 4) is 11.5 Å². The maximum absolute atomic E-state index is 12.1. The van der Waals surface area contributed by atoms with E-state index in [9.17, 15) is 4.79 Å². The lowest BCUT2D eigenvalue weighted by molar-refractivity contribution is -0.124. The lowest BCUT2D eigenvalue weighted by Crippen LogP contribution is -2.34. The maximum Gasteiger partial charge on any atom is 0.257 e. The summed E-state index contributed by atoms with van der Waals surface area (Å²) in [6, 6.07) is 7.88. The van der Waals surface area contributed by atoms with Crippen LogP contribution in [0.3, 0.4) is 0 Å². The molecule has 2 aliphatic carbocycles. The first-order valence-electron chi connectivity index (χ1n) is 9.64. The van der Waals surface area contributed by atoms with Crippen molar-refractivity contribution >= 4 is 18.3 Å². The average molecular weight is 391 g/mol. The first-order valence-corrected chi connectivity index (χ1v) is 9.64. The van der Waals surface area contributed by atoms with Crippen molar-refractivity contribution in [2.24, 2.45) is 11.7 Å². The van der Waals surface area contributed by atoms with Gasteiger partial charge in [-0.25, -0.2) is 0 Å². The van der Waals surface area contributed by atoms with Crippen molar-refractivity contribution in [3.63, 3.8) is 0 Å². The van der Waals surface area contributed by atoms with Gasteiger partial charge in [0.1, 0.15) is 0 Å². The molecule has 6 nitrogen and oxygen atoms in total. The summed E-state index contributed by atoms with van der Waals surface area (Å²) >= 11 is 0. The number of hydrogen-bond donors (Lipinski definition) is 2. The van der Waals surface area contributed by atoms with Crippen LogP contribution in [0.15, 0.2) is 28.8 Å². The van der Waals surface area contributed by atoms with Gasteiger partial charge in [0.05, 0.1) is 5.54 Å². The van der Waals surface area contributed by atoms with E-state index in [-0.39, 0.29) is 24.2 Å². The Morgan fingerprint density at radius 1 is 1.15 bits per heavy atom. The number of carbonyl (C=O) groups is 1. The van der Waals surface area contributed by atoms with Gasteiger partial charge in [-0.3, -0.25) is 4.79 Å². The van der Waals surface area contributed by atoms with E-state index in [4.69, 9.17) is 10.3 Å².